The molecule has 1 heterocycles. The molecule has 7 heteroatoms. The van der Waals surface area contributed by atoms with Crippen LogP contribution in [0.15, 0.2) is 24.5 Å². The maximum absolute atomic E-state index is 12.9. The second-order valence-electron chi connectivity index (χ2n) is 3.88. The van der Waals surface area contributed by atoms with E-state index in [1.54, 1.807) is 13.0 Å². The fourth-order valence-electron chi connectivity index (χ4n) is 1.62. The number of hydrogen-bond acceptors (Lipinski definition) is 4. The van der Waals surface area contributed by atoms with Gasteiger partial charge in [0, 0.05) is 16.9 Å². The van der Waals surface area contributed by atoms with Gasteiger partial charge in [-0.1, -0.05) is 0 Å². The smallest absolute Gasteiger partial charge is 0.265 e. The highest BCUT2D eigenvalue weighted by Gasteiger charge is 2.16. The van der Waals surface area contributed by atoms with Crippen molar-refractivity contribution < 1.29 is 8.78 Å². The molecule has 18 heavy (non-hydrogen) atoms. The molecule has 1 atom stereocenters. The van der Waals surface area contributed by atoms with Gasteiger partial charge in [0.1, 0.15) is 12.2 Å². The molecule has 4 N–H and O–H groups in total. The quantitative estimate of drug-likeness (QED) is 0.731. The first-order valence-electron chi connectivity index (χ1n) is 5.37. The molecule has 2 rings (SSSR count). The third kappa shape index (κ3) is 2.55. The Morgan fingerprint density at radius 1 is 1.39 bits per heavy atom. The fraction of sp³-hybridized carbons (Fsp3) is 0.273. The second-order valence-corrected chi connectivity index (χ2v) is 3.88. The summed E-state index contributed by atoms with van der Waals surface area (Å²) in [6, 6.07) is 4.11. The van der Waals surface area contributed by atoms with E-state index >= 15 is 0 Å². The summed E-state index contributed by atoms with van der Waals surface area (Å²) in [7, 11) is 0. The number of halogens is 2. The average molecular weight is 253 g/mol. The van der Waals surface area contributed by atoms with E-state index in [9.17, 15) is 8.78 Å². The first-order valence-corrected chi connectivity index (χ1v) is 5.37. The third-order valence-corrected chi connectivity index (χ3v) is 2.53. The number of benzene rings is 1. The van der Waals surface area contributed by atoms with Crippen molar-refractivity contribution in [3.05, 3.63) is 35.9 Å². The van der Waals surface area contributed by atoms with Gasteiger partial charge in [-0.15, -0.1) is 0 Å². The lowest BCUT2D eigenvalue weighted by atomic mass is 10.1. The Bertz CT molecular complexity index is 512. The summed E-state index contributed by atoms with van der Waals surface area (Å²) in [5, 5.41) is 9.35. The van der Waals surface area contributed by atoms with E-state index in [4.69, 9.17) is 5.73 Å². The van der Waals surface area contributed by atoms with Gasteiger partial charge in [0.25, 0.3) is 6.43 Å². The van der Waals surface area contributed by atoms with E-state index in [1.807, 2.05) is 0 Å². The number of aromatic nitrogens is 3. The van der Waals surface area contributed by atoms with Gasteiger partial charge in [0.15, 0.2) is 0 Å². The first-order chi connectivity index (χ1) is 8.58. The molecule has 2 aromatic rings. The molecular formula is C11H13F2N5. The van der Waals surface area contributed by atoms with Gasteiger partial charge in [-0.25, -0.2) is 13.8 Å². The van der Waals surface area contributed by atoms with Crippen LogP contribution < -0.4 is 11.1 Å². The summed E-state index contributed by atoms with van der Waals surface area (Å²) in [5.74, 6) is 0.576. The highest BCUT2D eigenvalue weighted by atomic mass is 19.3. The van der Waals surface area contributed by atoms with Crippen molar-refractivity contribution >= 4 is 11.4 Å². The molecule has 0 amide bonds. The Labute approximate surface area is 102 Å². The Morgan fingerprint density at radius 3 is 2.78 bits per heavy atom. The van der Waals surface area contributed by atoms with Crippen LogP contribution >= 0.6 is 0 Å². The number of hydrogen-bond donors (Lipinski definition) is 3. The number of H-pyrrole nitrogens is 1. The van der Waals surface area contributed by atoms with Gasteiger partial charge >= 0.3 is 0 Å². The van der Waals surface area contributed by atoms with Crippen molar-refractivity contribution in [2.75, 3.05) is 11.1 Å². The molecule has 0 saturated heterocycles. The van der Waals surface area contributed by atoms with E-state index in [2.05, 4.69) is 20.5 Å². The van der Waals surface area contributed by atoms with Gasteiger partial charge in [-0.3, -0.25) is 5.10 Å². The third-order valence-electron chi connectivity index (χ3n) is 2.53. The number of aromatic amines is 1. The predicted molar refractivity (Wildman–Crippen MR) is 64.2 cm³/mol. The number of nitrogens with zero attached hydrogens (tertiary/aromatic N) is 2. The summed E-state index contributed by atoms with van der Waals surface area (Å²) in [6.07, 6.45) is -1.22. The van der Waals surface area contributed by atoms with Crippen LogP contribution in [0.25, 0.3) is 0 Å². The summed E-state index contributed by atoms with van der Waals surface area (Å²) in [5.41, 5.74) is 6.02. The summed E-state index contributed by atoms with van der Waals surface area (Å²) >= 11 is 0. The normalized spacial score (nSPS) is 12.7. The van der Waals surface area contributed by atoms with Gasteiger partial charge in [-0.05, 0) is 25.1 Å². The first kappa shape index (κ1) is 12.3. The van der Waals surface area contributed by atoms with Crippen LogP contribution in [0.2, 0.25) is 0 Å². The second kappa shape index (κ2) is 4.99. The predicted octanol–water partition coefficient (Wildman–Crippen LogP) is 2.50. The molecule has 1 aromatic carbocycles. The summed E-state index contributed by atoms with van der Waals surface area (Å²) in [6.45, 7) is 1.80. The maximum Gasteiger partial charge on any atom is 0.265 e. The van der Waals surface area contributed by atoms with Crippen LogP contribution in [-0.2, 0) is 0 Å². The number of rotatable bonds is 4. The summed E-state index contributed by atoms with van der Waals surface area (Å²) < 4.78 is 25.7. The standard InChI is InChI=1S/C11H13F2N5/c1-6(11-15-5-16-18-11)17-9-3-2-7(14)4-8(9)10(12)13/h2-6,10,17H,14H2,1H3,(H,15,16,18). The molecular weight excluding hydrogens is 240 g/mol. The van der Waals surface area contributed by atoms with Crippen molar-refractivity contribution in [3.63, 3.8) is 0 Å². The monoisotopic (exact) mass is 253 g/mol. The van der Waals surface area contributed by atoms with Gasteiger partial charge < -0.3 is 11.1 Å². The number of alkyl halides is 2. The van der Waals surface area contributed by atoms with Crippen LogP contribution in [0.4, 0.5) is 20.2 Å². The van der Waals surface area contributed by atoms with Crippen LogP contribution in [0, 0.1) is 0 Å². The van der Waals surface area contributed by atoms with Crippen LogP contribution in [0.5, 0.6) is 0 Å². The molecule has 0 bridgehead atoms. The lowest BCUT2D eigenvalue weighted by Gasteiger charge is -2.16. The Hall–Kier alpha value is -2.18. The highest BCUT2D eigenvalue weighted by molar-refractivity contribution is 5.59. The Morgan fingerprint density at radius 2 is 2.17 bits per heavy atom. The number of nitrogens with two attached hydrogens (primary N) is 1. The molecule has 5 nitrogen and oxygen atoms in total. The fourth-order valence-corrected chi connectivity index (χ4v) is 1.62. The van der Waals surface area contributed by atoms with Crippen LogP contribution in [-0.4, -0.2) is 15.2 Å². The number of nitrogen functional groups attached to an aromatic ring is 1. The molecule has 0 aliphatic carbocycles. The minimum atomic E-state index is -2.59. The zero-order chi connectivity index (χ0) is 13.1. The van der Waals surface area contributed by atoms with Crippen LogP contribution in [0.3, 0.4) is 0 Å². The van der Waals surface area contributed by atoms with Crippen molar-refractivity contribution in [2.24, 2.45) is 0 Å². The molecule has 0 saturated carbocycles. The molecule has 96 valence electrons. The zero-order valence-electron chi connectivity index (χ0n) is 9.69. The largest absolute Gasteiger partial charge is 0.399 e. The van der Waals surface area contributed by atoms with Gasteiger partial charge in [-0.2, -0.15) is 5.10 Å². The van der Waals surface area contributed by atoms with E-state index in [1.165, 1.54) is 18.5 Å². The minimum absolute atomic E-state index is 0.124. The van der Waals surface area contributed by atoms with Crippen molar-refractivity contribution in [1.29, 1.82) is 0 Å². The van der Waals surface area contributed by atoms with E-state index in [-0.39, 0.29) is 11.6 Å². The topological polar surface area (TPSA) is 79.6 Å². The number of anilines is 2. The molecule has 0 fully saturated rings. The molecule has 1 aromatic heterocycles. The van der Waals surface area contributed by atoms with Gasteiger partial charge in [0.05, 0.1) is 6.04 Å². The summed E-state index contributed by atoms with van der Waals surface area (Å²) in [4.78, 5) is 3.96. The molecule has 0 spiro atoms. The lowest BCUT2D eigenvalue weighted by molar-refractivity contribution is 0.152. The Balaban J connectivity index is 2.23. The SMILES string of the molecule is CC(Nc1ccc(N)cc1C(F)F)c1ncn[nH]1. The van der Waals surface area contributed by atoms with Crippen LogP contribution in [0.1, 0.15) is 30.8 Å². The van der Waals surface area contributed by atoms with E-state index < -0.39 is 6.43 Å². The zero-order valence-corrected chi connectivity index (χ0v) is 9.69. The molecule has 0 radical (unpaired) electrons. The average Bonchev–Trinajstić information content (AvgIpc) is 2.84. The maximum atomic E-state index is 12.9. The van der Waals surface area contributed by atoms with Crippen molar-refractivity contribution in [1.82, 2.24) is 15.2 Å². The van der Waals surface area contributed by atoms with E-state index in [0.29, 0.717) is 17.2 Å². The number of nitrogens with one attached hydrogen (secondary N) is 2. The molecule has 0 aliphatic rings. The van der Waals surface area contributed by atoms with E-state index in [0.717, 1.165) is 0 Å². The molecule has 1 unspecified atom stereocenters. The van der Waals surface area contributed by atoms with Crippen molar-refractivity contribution in [2.45, 2.75) is 19.4 Å². The Kier molecular flexibility index (Phi) is 3.40. The van der Waals surface area contributed by atoms with Gasteiger partial charge in [0.2, 0.25) is 0 Å². The lowest BCUT2D eigenvalue weighted by Crippen LogP contribution is -2.10. The molecule has 0 aliphatic heterocycles. The highest BCUT2D eigenvalue weighted by Crippen LogP contribution is 2.30. The van der Waals surface area contributed by atoms with Crippen molar-refractivity contribution in [3.8, 4) is 0 Å². The minimum Gasteiger partial charge on any atom is -0.399 e.